The topological polar surface area (TPSA) is 93.4 Å². The predicted octanol–water partition coefficient (Wildman–Crippen LogP) is 4.86. The lowest BCUT2D eigenvalue weighted by Gasteiger charge is -2.13. The van der Waals surface area contributed by atoms with Crippen molar-refractivity contribution < 1.29 is 9.53 Å². The van der Waals surface area contributed by atoms with Crippen molar-refractivity contribution in [2.45, 2.75) is 13.3 Å². The Labute approximate surface area is 202 Å². The van der Waals surface area contributed by atoms with Gasteiger partial charge in [-0.25, -0.2) is 0 Å². The third-order valence-electron chi connectivity index (χ3n) is 4.42. The molecule has 0 spiro atoms. The van der Waals surface area contributed by atoms with E-state index in [9.17, 15) is 4.79 Å². The fraction of sp³-hybridized carbons (Fsp3) is 0.150. The Hall–Kier alpha value is -2.79. The van der Waals surface area contributed by atoms with Crippen molar-refractivity contribution in [3.63, 3.8) is 0 Å². The van der Waals surface area contributed by atoms with E-state index >= 15 is 0 Å². The van der Waals surface area contributed by atoms with Gasteiger partial charge in [-0.15, -0.1) is 10.2 Å². The lowest BCUT2D eigenvalue weighted by Crippen LogP contribution is -2.34. The second-order valence-corrected chi connectivity index (χ2v) is 8.74. The number of hydrogen-bond acceptors (Lipinski definition) is 7. The van der Waals surface area contributed by atoms with Crippen LogP contribution in [-0.2, 0) is 6.42 Å². The van der Waals surface area contributed by atoms with E-state index in [4.69, 9.17) is 40.2 Å². The molecule has 0 saturated carbocycles. The summed E-state index contributed by atoms with van der Waals surface area (Å²) in [4.78, 5) is 13.4. The summed E-state index contributed by atoms with van der Waals surface area (Å²) in [6, 6.07) is 10.5. The fourth-order valence-electron chi connectivity index (χ4n) is 2.99. The van der Waals surface area contributed by atoms with E-state index < -0.39 is 5.91 Å². The molecular formula is C20H16Cl2N6O2S2. The van der Waals surface area contributed by atoms with Gasteiger partial charge < -0.3 is 10.1 Å². The number of rotatable bonds is 5. The van der Waals surface area contributed by atoms with Crippen LogP contribution in [0.5, 0.6) is 5.75 Å². The lowest BCUT2D eigenvalue weighted by atomic mass is 10.2. The number of methoxy groups -OCH3 is 1. The number of aromatic nitrogens is 4. The third-order valence-corrected chi connectivity index (χ3v) is 6.07. The quantitative estimate of drug-likeness (QED) is 0.373. The van der Waals surface area contributed by atoms with Crippen LogP contribution in [0.1, 0.15) is 23.1 Å². The molecule has 32 heavy (non-hydrogen) atoms. The normalized spacial score (nSPS) is 10.9. The Morgan fingerprint density at radius 2 is 2.06 bits per heavy atom. The van der Waals surface area contributed by atoms with Crippen molar-refractivity contribution in [2.24, 2.45) is 0 Å². The SMILES string of the molecule is CCc1nnc2sc(-c3cccc(NC(=S)NC(=O)c4cc(Cl)cc(Cl)c4OC)c3)nn12. The molecule has 4 rings (SSSR count). The smallest absolute Gasteiger partial charge is 0.261 e. The van der Waals surface area contributed by atoms with Gasteiger partial charge in [0.25, 0.3) is 5.91 Å². The van der Waals surface area contributed by atoms with Crippen LogP contribution in [0.2, 0.25) is 10.0 Å². The van der Waals surface area contributed by atoms with Gasteiger partial charge in [-0.3, -0.25) is 10.1 Å². The van der Waals surface area contributed by atoms with Gasteiger partial charge in [-0.2, -0.15) is 9.61 Å². The molecule has 0 aliphatic heterocycles. The molecule has 2 aromatic heterocycles. The van der Waals surface area contributed by atoms with Crippen LogP contribution in [0.3, 0.4) is 0 Å². The number of anilines is 1. The van der Waals surface area contributed by atoms with E-state index in [2.05, 4.69) is 25.9 Å². The van der Waals surface area contributed by atoms with Crippen LogP contribution >= 0.6 is 46.8 Å². The van der Waals surface area contributed by atoms with Gasteiger partial charge in [-0.1, -0.05) is 53.6 Å². The van der Waals surface area contributed by atoms with Crippen molar-refractivity contribution in [3.05, 3.63) is 57.8 Å². The average Bonchev–Trinajstić information content (AvgIpc) is 3.34. The molecule has 2 aromatic carbocycles. The van der Waals surface area contributed by atoms with Gasteiger partial charge in [0.1, 0.15) is 10.8 Å². The number of nitrogens with one attached hydrogen (secondary N) is 2. The highest BCUT2D eigenvalue weighted by molar-refractivity contribution is 7.80. The Kier molecular flexibility index (Phi) is 6.56. The number of aryl methyl sites for hydroxylation is 1. The van der Waals surface area contributed by atoms with Crippen molar-refractivity contribution in [2.75, 3.05) is 12.4 Å². The summed E-state index contributed by atoms with van der Waals surface area (Å²) in [5.41, 5.74) is 1.74. The second kappa shape index (κ2) is 9.37. The minimum absolute atomic E-state index is 0.108. The highest BCUT2D eigenvalue weighted by atomic mass is 35.5. The first-order valence-corrected chi connectivity index (χ1v) is 11.3. The molecule has 0 unspecified atom stereocenters. The summed E-state index contributed by atoms with van der Waals surface area (Å²) in [5, 5.41) is 19.9. The van der Waals surface area contributed by atoms with Crippen LogP contribution in [-0.4, -0.2) is 37.9 Å². The zero-order valence-electron chi connectivity index (χ0n) is 16.8. The molecule has 1 amide bonds. The maximum Gasteiger partial charge on any atom is 0.261 e. The van der Waals surface area contributed by atoms with Crippen LogP contribution in [0.15, 0.2) is 36.4 Å². The molecule has 4 aromatic rings. The van der Waals surface area contributed by atoms with Gasteiger partial charge in [0.05, 0.1) is 17.7 Å². The first kappa shape index (κ1) is 22.4. The van der Waals surface area contributed by atoms with Gasteiger partial charge in [0.2, 0.25) is 4.96 Å². The van der Waals surface area contributed by atoms with Crippen LogP contribution in [0, 0.1) is 0 Å². The molecule has 0 atom stereocenters. The third kappa shape index (κ3) is 4.53. The highest BCUT2D eigenvalue weighted by Gasteiger charge is 2.18. The first-order chi connectivity index (χ1) is 15.4. The number of nitrogens with zero attached hydrogens (tertiary/aromatic N) is 4. The molecule has 2 N–H and O–H groups in total. The number of ether oxygens (including phenoxy) is 1. The van der Waals surface area contributed by atoms with Gasteiger partial charge >= 0.3 is 0 Å². The average molecular weight is 507 g/mol. The second-order valence-electron chi connectivity index (χ2n) is 6.53. The van der Waals surface area contributed by atoms with Crippen LogP contribution in [0.25, 0.3) is 15.5 Å². The predicted molar refractivity (Wildman–Crippen MR) is 130 cm³/mol. The minimum Gasteiger partial charge on any atom is -0.494 e. The number of fused-ring (bicyclic) bond motifs is 1. The number of amides is 1. The lowest BCUT2D eigenvalue weighted by molar-refractivity contribution is 0.0975. The van der Waals surface area contributed by atoms with Crippen molar-refractivity contribution in [3.8, 4) is 16.3 Å². The zero-order chi connectivity index (χ0) is 22.8. The molecule has 0 aliphatic carbocycles. The zero-order valence-corrected chi connectivity index (χ0v) is 20.0. The number of carbonyl (C=O) groups is 1. The molecule has 164 valence electrons. The van der Waals surface area contributed by atoms with Gasteiger partial charge in [0, 0.05) is 22.7 Å². The van der Waals surface area contributed by atoms with E-state index in [-0.39, 0.29) is 21.4 Å². The fourth-order valence-corrected chi connectivity index (χ4v) is 4.63. The van der Waals surface area contributed by atoms with Crippen molar-refractivity contribution >= 4 is 68.4 Å². The number of benzene rings is 2. The first-order valence-electron chi connectivity index (χ1n) is 9.36. The Balaban J connectivity index is 1.50. The van der Waals surface area contributed by atoms with Crippen LogP contribution in [0.4, 0.5) is 5.69 Å². The number of thiocarbonyl (C=S) groups is 1. The molecule has 0 bridgehead atoms. The highest BCUT2D eigenvalue weighted by Crippen LogP contribution is 2.32. The number of carbonyl (C=O) groups excluding carboxylic acids is 1. The molecule has 0 radical (unpaired) electrons. The van der Waals surface area contributed by atoms with Crippen molar-refractivity contribution in [1.82, 2.24) is 25.1 Å². The van der Waals surface area contributed by atoms with Gasteiger partial charge in [0.15, 0.2) is 10.9 Å². The van der Waals surface area contributed by atoms with E-state index in [1.54, 1.807) is 4.52 Å². The Morgan fingerprint density at radius 1 is 1.25 bits per heavy atom. The molecule has 2 heterocycles. The van der Waals surface area contributed by atoms with E-state index in [1.807, 2.05) is 31.2 Å². The maximum atomic E-state index is 12.7. The molecule has 0 fully saturated rings. The number of hydrogen-bond donors (Lipinski definition) is 2. The monoisotopic (exact) mass is 506 g/mol. The molecule has 12 heteroatoms. The summed E-state index contributed by atoms with van der Waals surface area (Å²) in [7, 11) is 1.42. The van der Waals surface area contributed by atoms with Gasteiger partial charge in [-0.05, 0) is 36.5 Å². The molecule has 0 saturated heterocycles. The molecule has 0 aliphatic rings. The molecular weight excluding hydrogens is 491 g/mol. The number of halogens is 2. The van der Waals surface area contributed by atoms with Crippen LogP contribution < -0.4 is 15.4 Å². The summed E-state index contributed by atoms with van der Waals surface area (Å²) >= 11 is 18.9. The minimum atomic E-state index is -0.499. The van der Waals surface area contributed by atoms with E-state index in [1.165, 1.54) is 30.6 Å². The molecule has 8 nitrogen and oxygen atoms in total. The van der Waals surface area contributed by atoms with Crippen molar-refractivity contribution in [1.29, 1.82) is 0 Å². The largest absolute Gasteiger partial charge is 0.494 e. The summed E-state index contributed by atoms with van der Waals surface area (Å²) < 4.78 is 6.96. The maximum absolute atomic E-state index is 12.7. The summed E-state index contributed by atoms with van der Waals surface area (Å²) in [5.74, 6) is 0.519. The summed E-state index contributed by atoms with van der Waals surface area (Å²) in [6.45, 7) is 2.00. The van der Waals surface area contributed by atoms with E-state index in [0.29, 0.717) is 10.7 Å². The Morgan fingerprint density at radius 3 is 2.81 bits per heavy atom. The standard InChI is InChI=1S/C20H16Cl2N6O2S2/c1-3-15-25-26-20-28(15)27-18(32-20)10-5-4-6-12(7-10)23-19(31)24-17(29)13-8-11(21)9-14(22)16(13)30-2/h4-9H,3H2,1-2H3,(H2,23,24,29,31). The van der Waals surface area contributed by atoms with E-state index in [0.717, 1.165) is 27.8 Å². The summed E-state index contributed by atoms with van der Waals surface area (Å²) in [6.07, 6.45) is 0.739. The Bertz CT molecular complexity index is 1340.